The number of halogens is 2. The van der Waals surface area contributed by atoms with Crippen LogP contribution >= 0.6 is 0 Å². The van der Waals surface area contributed by atoms with Crippen molar-refractivity contribution < 1.29 is 13.5 Å². The maximum atomic E-state index is 14.7. The van der Waals surface area contributed by atoms with Crippen LogP contribution in [-0.4, -0.2) is 24.8 Å². The first-order valence-corrected chi connectivity index (χ1v) is 12.0. The highest BCUT2D eigenvalue weighted by Crippen LogP contribution is 2.36. The van der Waals surface area contributed by atoms with Crippen LogP contribution in [0.2, 0.25) is 0 Å². The summed E-state index contributed by atoms with van der Waals surface area (Å²) >= 11 is 0. The molecule has 0 N–H and O–H groups in total. The fourth-order valence-electron chi connectivity index (χ4n) is 4.88. The summed E-state index contributed by atoms with van der Waals surface area (Å²) in [4.78, 5) is 15.8. The van der Waals surface area contributed by atoms with E-state index in [0.717, 1.165) is 32.4 Å². The predicted octanol–water partition coefficient (Wildman–Crippen LogP) is 5.99. The maximum Gasteiger partial charge on any atom is 0.274 e. The Kier molecular flexibility index (Phi) is 7.20. The summed E-state index contributed by atoms with van der Waals surface area (Å²) in [5.41, 5.74) is 2.43. The highest BCUT2D eigenvalue weighted by Gasteiger charge is 2.25. The first-order chi connectivity index (χ1) is 16.9. The molecule has 182 valence electrons. The second kappa shape index (κ2) is 10.3. The van der Waals surface area contributed by atoms with E-state index in [9.17, 15) is 18.8 Å². The molecule has 4 rings (SSSR count). The average Bonchev–Trinajstić information content (AvgIpc) is 2.88. The number of methoxy groups -OCH3 is 1. The van der Waals surface area contributed by atoms with Gasteiger partial charge in [0.05, 0.1) is 18.4 Å². The standard InChI is InChI=1S/C28H29F2N3O2/c1-4-18-10-12-32(13-11-18)25-16-22(19-6-7-21(17-31)23(29)14-19)27(33(5-2)28(25)34)20-8-9-26(35-3)24(30)15-20/h6-9,14-16,18H,4-5,10-13H2,1-3H3. The lowest BCUT2D eigenvalue weighted by Gasteiger charge is -2.33. The highest BCUT2D eigenvalue weighted by atomic mass is 19.1. The third-order valence-corrected chi connectivity index (χ3v) is 6.94. The molecule has 0 amide bonds. The minimum absolute atomic E-state index is 0.0588. The molecule has 1 saturated heterocycles. The number of rotatable bonds is 6. The number of piperidine rings is 1. The van der Waals surface area contributed by atoms with Crippen LogP contribution in [-0.2, 0) is 6.54 Å². The molecule has 1 aromatic heterocycles. The molecule has 1 fully saturated rings. The summed E-state index contributed by atoms with van der Waals surface area (Å²) in [7, 11) is 1.39. The molecule has 1 aliphatic heterocycles. The van der Waals surface area contributed by atoms with Crippen molar-refractivity contribution in [3.8, 4) is 34.2 Å². The summed E-state index contributed by atoms with van der Waals surface area (Å²) in [5.74, 6) is -0.451. The second-order valence-corrected chi connectivity index (χ2v) is 8.84. The number of ether oxygens (including phenoxy) is 1. The molecule has 3 aromatic rings. The van der Waals surface area contributed by atoms with Crippen LogP contribution in [0.15, 0.2) is 47.3 Å². The van der Waals surface area contributed by atoms with Gasteiger partial charge in [0.15, 0.2) is 11.6 Å². The quantitative estimate of drug-likeness (QED) is 0.438. The van der Waals surface area contributed by atoms with Gasteiger partial charge in [0.1, 0.15) is 17.6 Å². The van der Waals surface area contributed by atoms with Crippen LogP contribution in [0.3, 0.4) is 0 Å². The third-order valence-electron chi connectivity index (χ3n) is 6.94. The molecule has 2 heterocycles. The van der Waals surface area contributed by atoms with E-state index in [-0.39, 0.29) is 16.9 Å². The van der Waals surface area contributed by atoms with Crippen molar-refractivity contribution in [2.45, 2.75) is 39.7 Å². The normalized spacial score (nSPS) is 14.1. The van der Waals surface area contributed by atoms with Crippen LogP contribution in [0.25, 0.3) is 22.4 Å². The van der Waals surface area contributed by atoms with Gasteiger partial charge in [-0.2, -0.15) is 5.26 Å². The fraction of sp³-hybridized carbons (Fsp3) is 0.357. The Hall–Kier alpha value is -3.66. The van der Waals surface area contributed by atoms with Crippen molar-refractivity contribution in [2.24, 2.45) is 5.92 Å². The summed E-state index contributed by atoms with van der Waals surface area (Å²) in [6.45, 7) is 5.95. The van der Waals surface area contributed by atoms with Crippen molar-refractivity contribution >= 4 is 5.69 Å². The van der Waals surface area contributed by atoms with Crippen molar-refractivity contribution in [3.63, 3.8) is 0 Å². The zero-order valence-corrected chi connectivity index (χ0v) is 20.3. The van der Waals surface area contributed by atoms with Crippen LogP contribution in [0, 0.1) is 28.9 Å². The van der Waals surface area contributed by atoms with E-state index >= 15 is 0 Å². The fourth-order valence-corrected chi connectivity index (χ4v) is 4.88. The number of nitriles is 1. The van der Waals surface area contributed by atoms with Gasteiger partial charge in [-0.15, -0.1) is 0 Å². The molecule has 0 spiro atoms. The minimum Gasteiger partial charge on any atom is -0.494 e. The number of aromatic nitrogens is 1. The number of nitrogens with zero attached hydrogens (tertiary/aromatic N) is 3. The summed E-state index contributed by atoms with van der Waals surface area (Å²) in [5, 5.41) is 9.17. The molecule has 0 atom stereocenters. The molecule has 5 nitrogen and oxygen atoms in total. The zero-order valence-electron chi connectivity index (χ0n) is 20.3. The SMILES string of the molecule is CCC1CCN(c2cc(-c3ccc(C#N)c(F)c3)c(-c3ccc(OC)c(F)c3)n(CC)c2=O)CC1. The van der Waals surface area contributed by atoms with Gasteiger partial charge < -0.3 is 14.2 Å². The van der Waals surface area contributed by atoms with E-state index in [1.54, 1.807) is 22.8 Å². The summed E-state index contributed by atoms with van der Waals surface area (Å²) < 4.78 is 36.0. The molecule has 0 unspecified atom stereocenters. The van der Waals surface area contributed by atoms with Gasteiger partial charge in [-0.1, -0.05) is 19.4 Å². The topological polar surface area (TPSA) is 58.3 Å². The van der Waals surface area contributed by atoms with E-state index in [0.29, 0.717) is 40.5 Å². The van der Waals surface area contributed by atoms with E-state index < -0.39 is 11.6 Å². The lowest BCUT2D eigenvalue weighted by atomic mass is 9.93. The Bertz CT molecular complexity index is 1340. The molecule has 2 aromatic carbocycles. The maximum absolute atomic E-state index is 14.7. The van der Waals surface area contributed by atoms with Gasteiger partial charge in [0.2, 0.25) is 0 Å². The molecule has 0 bridgehead atoms. The van der Waals surface area contributed by atoms with Crippen LogP contribution in [0.1, 0.15) is 38.7 Å². The molecule has 7 heteroatoms. The molecular weight excluding hydrogens is 448 g/mol. The summed E-state index contributed by atoms with van der Waals surface area (Å²) in [6, 6.07) is 12.6. The summed E-state index contributed by atoms with van der Waals surface area (Å²) in [6.07, 6.45) is 3.13. The highest BCUT2D eigenvalue weighted by molar-refractivity contribution is 5.84. The van der Waals surface area contributed by atoms with Crippen molar-refractivity contribution in [1.29, 1.82) is 5.26 Å². The van der Waals surface area contributed by atoms with Gasteiger partial charge >= 0.3 is 0 Å². The number of benzene rings is 2. The van der Waals surface area contributed by atoms with Crippen molar-refractivity contribution in [1.82, 2.24) is 4.57 Å². The first-order valence-electron chi connectivity index (χ1n) is 12.0. The van der Waals surface area contributed by atoms with Crippen LogP contribution in [0.4, 0.5) is 14.5 Å². The second-order valence-electron chi connectivity index (χ2n) is 8.84. The van der Waals surface area contributed by atoms with E-state index in [1.165, 1.54) is 31.4 Å². The lowest BCUT2D eigenvalue weighted by Crippen LogP contribution is -2.38. The number of pyridine rings is 1. The van der Waals surface area contributed by atoms with Crippen molar-refractivity contribution in [2.75, 3.05) is 25.1 Å². The van der Waals surface area contributed by atoms with E-state index in [1.807, 2.05) is 13.0 Å². The smallest absolute Gasteiger partial charge is 0.274 e. The molecule has 0 radical (unpaired) electrons. The molecule has 0 saturated carbocycles. The zero-order chi connectivity index (χ0) is 25.1. The number of hydrogen-bond donors (Lipinski definition) is 0. The number of anilines is 1. The van der Waals surface area contributed by atoms with E-state index in [4.69, 9.17) is 4.74 Å². The Morgan fingerprint density at radius 1 is 1.03 bits per heavy atom. The van der Waals surface area contributed by atoms with Crippen LogP contribution < -0.4 is 15.2 Å². The molecule has 35 heavy (non-hydrogen) atoms. The monoisotopic (exact) mass is 477 g/mol. The van der Waals surface area contributed by atoms with Crippen molar-refractivity contribution in [3.05, 3.63) is 70.0 Å². The Labute approximate surface area is 204 Å². The van der Waals surface area contributed by atoms with Gasteiger partial charge in [0.25, 0.3) is 5.56 Å². The Morgan fingerprint density at radius 3 is 2.29 bits per heavy atom. The Balaban J connectivity index is 1.96. The van der Waals surface area contributed by atoms with Crippen LogP contribution in [0.5, 0.6) is 5.75 Å². The third kappa shape index (κ3) is 4.66. The van der Waals surface area contributed by atoms with Gasteiger partial charge in [-0.3, -0.25) is 4.79 Å². The van der Waals surface area contributed by atoms with E-state index in [2.05, 4.69) is 11.8 Å². The minimum atomic E-state index is -0.642. The van der Waals surface area contributed by atoms with Gasteiger partial charge in [0, 0.05) is 30.8 Å². The number of hydrogen-bond acceptors (Lipinski definition) is 4. The van der Waals surface area contributed by atoms with Gasteiger partial charge in [-0.25, -0.2) is 8.78 Å². The molecule has 0 aliphatic carbocycles. The largest absolute Gasteiger partial charge is 0.494 e. The Morgan fingerprint density at radius 2 is 1.71 bits per heavy atom. The molecular formula is C28H29F2N3O2. The molecule has 1 aliphatic rings. The predicted molar refractivity (Wildman–Crippen MR) is 134 cm³/mol. The van der Waals surface area contributed by atoms with Gasteiger partial charge in [-0.05, 0) is 67.6 Å². The lowest BCUT2D eigenvalue weighted by molar-refractivity contribution is 0.386. The average molecular weight is 478 g/mol. The first kappa shape index (κ1) is 24.5.